The van der Waals surface area contributed by atoms with Gasteiger partial charge in [0.25, 0.3) is 5.69 Å². The van der Waals surface area contributed by atoms with Gasteiger partial charge in [-0.15, -0.1) is 11.3 Å². The van der Waals surface area contributed by atoms with Crippen LogP contribution < -0.4 is 4.80 Å². The van der Waals surface area contributed by atoms with Gasteiger partial charge in [0.05, 0.1) is 23.0 Å². The largest absolute Gasteiger partial charge is 0.454 e. The zero-order chi connectivity index (χ0) is 22.8. The van der Waals surface area contributed by atoms with E-state index in [9.17, 15) is 10.1 Å². The maximum Gasteiger partial charge on any atom is 0.288 e. The lowest BCUT2D eigenvalue weighted by Crippen LogP contribution is -2.11. The number of pyridine rings is 1. The van der Waals surface area contributed by atoms with Gasteiger partial charge in [-0.05, 0) is 30.3 Å². The molecule has 0 bridgehead atoms. The van der Waals surface area contributed by atoms with Gasteiger partial charge in [0.1, 0.15) is 16.3 Å². The van der Waals surface area contributed by atoms with Crippen molar-refractivity contribution in [2.75, 3.05) is 0 Å². The average Bonchev–Trinajstić information content (AvgIpc) is 3.42. The van der Waals surface area contributed by atoms with Gasteiger partial charge in [-0.2, -0.15) is 5.10 Å². The topological polar surface area (TPSA) is 98.8 Å². The lowest BCUT2D eigenvalue weighted by atomic mass is 10.2. The highest BCUT2D eigenvalue weighted by Crippen LogP contribution is 2.29. The van der Waals surface area contributed by atoms with Crippen LogP contribution in [0.4, 0.5) is 11.4 Å². The van der Waals surface area contributed by atoms with E-state index < -0.39 is 4.92 Å². The number of rotatable bonds is 5. The van der Waals surface area contributed by atoms with Crippen molar-refractivity contribution in [3.8, 4) is 11.5 Å². The number of fused-ring (bicyclic) bond motifs is 1. The van der Waals surface area contributed by atoms with Gasteiger partial charge in [-0.1, -0.05) is 35.9 Å². The standard InChI is InChI=1S/C23H14ClN5O3S/c24-18-8-7-15(10-19(18)29(30)31)12-26-28-20(22-11-16-4-1-2-6-21(16)32-22)14-33-23(28)27-17-5-3-9-25-13-17/h1-14H. The molecule has 0 spiro atoms. The van der Waals surface area contributed by atoms with Gasteiger partial charge in [-0.3, -0.25) is 15.1 Å². The van der Waals surface area contributed by atoms with Crippen LogP contribution >= 0.6 is 22.9 Å². The molecule has 33 heavy (non-hydrogen) atoms. The number of aromatic nitrogens is 2. The second-order valence-corrected chi connectivity index (χ2v) is 8.14. The van der Waals surface area contributed by atoms with Crippen molar-refractivity contribution in [2.45, 2.75) is 0 Å². The molecule has 0 amide bonds. The van der Waals surface area contributed by atoms with Crippen LogP contribution in [-0.4, -0.2) is 20.8 Å². The fraction of sp³-hybridized carbons (Fsp3) is 0. The van der Waals surface area contributed by atoms with E-state index in [0.29, 0.717) is 27.5 Å². The van der Waals surface area contributed by atoms with Crippen molar-refractivity contribution >= 4 is 51.5 Å². The molecule has 3 heterocycles. The Morgan fingerprint density at radius 2 is 2.03 bits per heavy atom. The Balaban J connectivity index is 1.64. The second-order valence-electron chi connectivity index (χ2n) is 6.90. The molecule has 0 radical (unpaired) electrons. The quantitative estimate of drug-likeness (QED) is 0.176. The van der Waals surface area contributed by atoms with Gasteiger partial charge in [0.15, 0.2) is 5.76 Å². The number of halogens is 1. The summed E-state index contributed by atoms with van der Waals surface area (Å²) in [4.78, 5) is 20.0. The van der Waals surface area contributed by atoms with Crippen LogP contribution in [0.25, 0.3) is 22.4 Å². The average molecular weight is 476 g/mol. The molecule has 0 aliphatic heterocycles. The molecular formula is C23H14ClN5O3S. The minimum Gasteiger partial charge on any atom is -0.454 e. The number of hydrogen-bond acceptors (Lipinski definition) is 7. The monoisotopic (exact) mass is 475 g/mol. The Morgan fingerprint density at radius 3 is 2.82 bits per heavy atom. The minimum atomic E-state index is -0.527. The number of para-hydroxylation sites is 1. The smallest absolute Gasteiger partial charge is 0.288 e. The summed E-state index contributed by atoms with van der Waals surface area (Å²) in [6, 6.07) is 17.8. The first-order valence-electron chi connectivity index (χ1n) is 9.71. The molecule has 5 rings (SSSR count). The molecule has 0 N–H and O–H groups in total. The van der Waals surface area contributed by atoms with Crippen molar-refractivity contribution in [1.29, 1.82) is 0 Å². The number of benzene rings is 2. The van der Waals surface area contributed by atoms with E-state index in [2.05, 4.69) is 15.1 Å². The van der Waals surface area contributed by atoms with Gasteiger partial charge in [0.2, 0.25) is 4.80 Å². The first-order valence-corrected chi connectivity index (χ1v) is 11.0. The molecule has 5 aromatic rings. The highest BCUT2D eigenvalue weighted by Gasteiger charge is 2.14. The van der Waals surface area contributed by atoms with Crippen LogP contribution in [0.1, 0.15) is 5.56 Å². The number of nitrogens with zero attached hydrogens (tertiary/aromatic N) is 5. The van der Waals surface area contributed by atoms with Crippen LogP contribution in [-0.2, 0) is 0 Å². The molecule has 0 saturated carbocycles. The minimum absolute atomic E-state index is 0.0653. The summed E-state index contributed by atoms with van der Waals surface area (Å²) >= 11 is 7.31. The molecular weight excluding hydrogens is 462 g/mol. The number of nitro groups is 1. The zero-order valence-electron chi connectivity index (χ0n) is 16.8. The summed E-state index contributed by atoms with van der Waals surface area (Å²) in [7, 11) is 0. The van der Waals surface area contributed by atoms with E-state index in [0.717, 1.165) is 11.0 Å². The third-order valence-electron chi connectivity index (χ3n) is 4.72. The van der Waals surface area contributed by atoms with Gasteiger partial charge >= 0.3 is 0 Å². The van der Waals surface area contributed by atoms with Crippen LogP contribution in [0, 0.1) is 10.1 Å². The maximum atomic E-state index is 11.2. The summed E-state index contributed by atoms with van der Waals surface area (Å²) in [6.45, 7) is 0. The Morgan fingerprint density at radius 1 is 1.15 bits per heavy atom. The van der Waals surface area contributed by atoms with Gasteiger partial charge in [0, 0.05) is 28.6 Å². The van der Waals surface area contributed by atoms with Crippen LogP contribution in [0.3, 0.4) is 0 Å². The number of hydrogen-bond donors (Lipinski definition) is 0. The molecule has 8 nitrogen and oxygen atoms in total. The van der Waals surface area contributed by atoms with Crippen LogP contribution in [0.2, 0.25) is 5.02 Å². The van der Waals surface area contributed by atoms with E-state index >= 15 is 0 Å². The van der Waals surface area contributed by atoms with Gasteiger partial charge in [-0.25, -0.2) is 9.67 Å². The summed E-state index contributed by atoms with van der Waals surface area (Å²) in [5, 5.41) is 18.7. The highest BCUT2D eigenvalue weighted by atomic mass is 35.5. The van der Waals surface area contributed by atoms with E-state index in [-0.39, 0.29) is 10.7 Å². The van der Waals surface area contributed by atoms with Crippen molar-refractivity contribution in [3.05, 3.63) is 104 Å². The van der Waals surface area contributed by atoms with Crippen LogP contribution in [0.15, 0.2) is 92.9 Å². The molecule has 2 aromatic carbocycles. The van der Waals surface area contributed by atoms with Crippen molar-refractivity contribution in [2.24, 2.45) is 10.1 Å². The first kappa shape index (κ1) is 20.8. The number of nitro benzene ring substituents is 1. The third kappa shape index (κ3) is 4.32. The Labute approximate surface area is 195 Å². The van der Waals surface area contributed by atoms with E-state index in [1.54, 1.807) is 29.2 Å². The van der Waals surface area contributed by atoms with Crippen molar-refractivity contribution in [3.63, 3.8) is 0 Å². The first-order chi connectivity index (χ1) is 16.1. The molecule has 10 heteroatoms. The highest BCUT2D eigenvalue weighted by molar-refractivity contribution is 7.07. The normalized spacial score (nSPS) is 12.1. The predicted molar refractivity (Wildman–Crippen MR) is 128 cm³/mol. The molecule has 0 saturated heterocycles. The van der Waals surface area contributed by atoms with Crippen LogP contribution in [0.5, 0.6) is 0 Å². The summed E-state index contributed by atoms with van der Waals surface area (Å²) in [6.07, 6.45) is 4.84. The molecule has 0 aliphatic rings. The molecule has 0 fully saturated rings. The Kier molecular flexibility index (Phi) is 5.55. The Hall–Kier alpha value is -4.08. The number of thiazole rings is 1. The van der Waals surface area contributed by atoms with E-state index in [4.69, 9.17) is 16.0 Å². The Bertz CT molecular complexity index is 1540. The summed E-state index contributed by atoms with van der Waals surface area (Å²) in [5.41, 5.74) is 2.45. The fourth-order valence-corrected chi connectivity index (χ4v) is 4.19. The summed E-state index contributed by atoms with van der Waals surface area (Å²) < 4.78 is 7.66. The lowest BCUT2D eigenvalue weighted by Gasteiger charge is -2.01. The molecule has 162 valence electrons. The summed E-state index contributed by atoms with van der Waals surface area (Å²) in [5.74, 6) is 0.624. The lowest BCUT2D eigenvalue weighted by molar-refractivity contribution is -0.384. The van der Waals surface area contributed by atoms with E-state index in [1.165, 1.54) is 29.7 Å². The second kappa shape index (κ2) is 8.81. The SMILES string of the molecule is O=[N+]([O-])c1cc(C=Nn2c(-c3cc4ccccc4o3)csc2=Nc2cccnc2)ccc1Cl. The fourth-order valence-electron chi connectivity index (χ4n) is 3.17. The third-order valence-corrected chi connectivity index (χ3v) is 5.86. The molecule has 3 aromatic heterocycles. The predicted octanol–water partition coefficient (Wildman–Crippen LogP) is 6.03. The molecule has 0 aliphatic carbocycles. The zero-order valence-corrected chi connectivity index (χ0v) is 18.4. The van der Waals surface area contributed by atoms with Crippen molar-refractivity contribution < 1.29 is 9.34 Å². The van der Waals surface area contributed by atoms with Crippen molar-refractivity contribution in [1.82, 2.24) is 9.66 Å². The molecule has 0 unspecified atom stereocenters. The maximum absolute atomic E-state index is 11.2. The van der Waals surface area contributed by atoms with Gasteiger partial charge < -0.3 is 4.42 Å². The number of furan rings is 1. The van der Waals surface area contributed by atoms with E-state index in [1.807, 2.05) is 41.8 Å². The molecule has 0 atom stereocenters.